The molecule has 2 amide bonds. The molecule has 0 spiro atoms. The summed E-state index contributed by atoms with van der Waals surface area (Å²) in [6.45, 7) is 1.99. The Bertz CT molecular complexity index is 554. The van der Waals surface area contributed by atoms with Crippen molar-refractivity contribution < 1.29 is 4.79 Å². The Morgan fingerprint density at radius 1 is 1.17 bits per heavy atom. The van der Waals surface area contributed by atoms with E-state index in [1.54, 1.807) is 12.3 Å². The van der Waals surface area contributed by atoms with Gasteiger partial charge in [-0.05, 0) is 47.1 Å². The lowest BCUT2D eigenvalue weighted by atomic mass is 10.2. The lowest BCUT2D eigenvalue weighted by Gasteiger charge is -2.08. The van der Waals surface area contributed by atoms with Crippen LogP contribution in [-0.2, 0) is 0 Å². The monoisotopic (exact) mass is 305 g/mol. The number of benzene rings is 1. The van der Waals surface area contributed by atoms with Crippen molar-refractivity contribution in [2.75, 3.05) is 10.6 Å². The minimum atomic E-state index is -0.321. The van der Waals surface area contributed by atoms with Crippen LogP contribution in [0.1, 0.15) is 5.56 Å². The standard InChI is InChI=1S/C13H12BrN3O/c1-9-4-6-10(7-5-9)16-13(18)17-12-11(14)3-2-8-15-12/h2-8H,1H3,(H2,15,16,17,18). The summed E-state index contributed by atoms with van der Waals surface area (Å²) < 4.78 is 0.740. The Morgan fingerprint density at radius 3 is 2.56 bits per heavy atom. The third-order valence-electron chi connectivity index (χ3n) is 2.30. The van der Waals surface area contributed by atoms with E-state index < -0.39 is 0 Å². The number of halogens is 1. The van der Waals surface area contributed by atoms with Gasteiger partial charge in [-0.2, -0.15) is 0 Å². The van der Waals surface area contributed by atoms with Crippen LogP contribution >= 0.6 is 15.9 Å². The topological polar surface area (TPSA) is 54.0 Å². The van der Waals surface area contributed by atoms with Gasteiger partial charge in [0.25, 0.3) is 0 Å². The summed E-state index contributed by atoms with van der Waals surface area (Å²) in [7, 11) is 0. The first-order valence-electron chi connectivity index (χ1n) is 5.40. The largest absolute Gasteiger partial charge is 0.324 e. The SMILES string of the molecule is Cc1ccc(NC(=O)Nc2ncccc2Br)cc1. The van der Waals surface area contributed by atoms with Crippen LogP contribution in [0.4, 0.5) is 16.3 Å². The Hall–Kier alpha value is -1.88. The van der Waals surface area contributed by atoms with E-state index in [0.717, 1.165) is 15.7 Å². The number of aryl methyl sites for hydroxylation is 1. The number of hydrogen-bond donors (Lipinski definition) is 2. The molecule has 0 aliphatic heterocycles. The van der Waals surface area contributed by atoms with E-state index in [4.69, 9.17) is 0 Å². The Morgan fingerprint density at radius 2 is 1.89 bits per heavy atom. The van der Waals surface area contributed by atoms with Crippen LogP contribution in [-0.4, -0.2) is 11.0 Å². The number of anilines is 2. The summed E-state index contributed by atoms with van der Waals surface area (Å²) in [5.74, 6) is 0.488. The molecular weight excluding hydrogens is 294 g/mol. The first-order valence-corrected chi connectivity index (χ1v) is 6.19. The van der Waals surface area contributed by atoms with Crippen LogP contribution < -0.4 is 10.6 Å². The molecule has 0 saturated carbocycles. The second kappa shape index (κ2) is 5.64. The molecule has 92 valence electrons. The van der Waals surface area contributed by atoms with Gasteiger partial charge in [-0.25, -0.2) is 9.78 Å². The van der Waals surface area contributed by atoms with Crippen LogP contribution in [0, 0.1) is 6.92 Å². The molecule has 0 aliphatic carbocycles. The number of amides is 2. The highest BCUT2D eigenvalue weighted by molar-refractivity contribution is 9.10. The highest BCUT2D eigenvalue weighted by Crippen LogP contribution is 2.18. The molecule has 2 aromatic rings. The molecule has 2 rings (SSSR count). The van der Waals surface area contributed by atoms with Crippen molar-refractivity contribution in [3.8, 4) is 0 Å². The highest BCUT2D eigenvalue weighted by Gasteiger charge is 2.05. The first-order chi connectivity index (χ1) is 8.65. The van der Waals surface area contributed by atoms with Gasteiger partial charge in [0.15, 0.2) is 0 Å². The molecule has 1 aromatic carbocycles. The summed E-state index contributed by atoms with van der Waals surface area (Å²) >= 11 is 3.31. The normalized spacial score (nSPS) is 9.89. The predicted octanol–water partition coefficient (Wildman–Crippen LogP) is 3.80. The van der Waals surface area contributed by atoms with Crippen molar-refractivity contribution >= 4 is 33.5 Å². The third kappa shape index (κ3) is 3.30. The van der Waals surface area contributed by atoms with E-state index in [1.807, 2.05) is 37.3 Å². The summed E-state index contributed by atoms with van der Waals surface area (Å²) in [5, 5.41) is 5.40. The molecule has 0 radical (unpaired) electrons. The number of nitrogens with zero attached hydrogens (tertiary/aromatic N) is 1. The molecule has 0 bridgehead atoms. The Kier molecular flexibility index (Phi) is 3.94. The molecule has 0 saturated heterocycles. The Balaban J connectivity index is 2.01. The van der Waals surface area contributed by atoms with E-state index in [0.29, 0.717) is 5.82 Å². The predicted molar refractivity (Wildman–Crippen MR) is 75.8 cm³/mol. The van der Waals surface area contributed by atoms with Gasteiger partial charge in [-0.3, -0.25) is 5.32 Å². The van der Waals surface area contributed by atoms with E-state index in [2.05, 4.69) is 31.5 Å². The average Bonchev–Trinajstić information content (AvgIpc) is 2.35. The number of urea groups is 1. The number of aromatic nitrogens is 1. The van der Waals surface area contributed by atoms with E-state index >= 15 is 0 Å². The van der Waals surface area contributed by atoms with Crippen molar-refractivity contribution in [1.29, 1.82) is 0 Å². The maximum Gasteiger partial charge on any atom is 0.324 e. The van der Waals surface area contributed by atoms with Crippen LogP contribution in [0.15, 0.2) is 47.1 Å². The third-order valence-corrected chi connectivity index (χ3v) is 2.94. The fourth-order valence-electron chi connectivity index (χ4n) is 1.38. The van der Waals surface area contributed by atoms with Crippen LogP contribution in [0.5, 0.6) is 0 Å². The molecule has 1 aromatic heterocycles. The van der Waals surface area contributed by atoms with Crippen LogP contribution in [0.3, 0.4) is 0 Å². The summed E-state index contributed by atoms with van der Waals surface area (Å²) in [4.78, 5) is 15.8. The lowest BCUT2D eigenvalue weighted by Crippen LogP contribution is -2.20. The summed E-state index contributed by atoms with van der Waals surface area (Å²) in [5.41, 5.74) is 1.89. The summed E-state index contributed by atoms with van der Waals surface area (Å²) in [6, 6.07) is 10.9. The van der Waals surface area contributed by atoms with Gasteiger partial charge >= 0.3 is 6.03 Å². The molecule has 5 heteroatoms. The van der Waals surface area contributed by atoms with Gasteiger partial charge in [0.05, 0.1) is 4.47 Å². The minimum absolute atomic E-state index is 0.321. The Labute approximate surface area is 114 Å². The first kappa shape index (κ1) is 12.6. The number of carbonyl (C=O) groups excluding carboxylic acids is 1. The van der Waals surface area contributed by atoms with Gasteiger partial charge in [0, 0.05) is 11.9 Å². The second-order valence-corrected chi connectivity index (χ2v) is 4.63. The molecule has 0 atom stereocenters. The second-order valence-electron chi connectivity index (χ2n) is 3.78. The van der Waals surface area contributed by atoms with Gasteiger partial charge in [0.1, 0.15) is 5.82 Å². The van der Waals surface area contributed by atoms with Crippen LogP contribution in [0.2, 0.25) is 0 Å². The van der Waals surface area contributed by atoms with Gasteiger partial charge in [-0.15, -0.1) is 0 Å². The van der Waals surface area contributed by atoms with Crippen LogP contribution in [0.25, 0.3) is 0 Å². The summed E-state index contributed by atoms with van der Waals surface area (Å²) in [6.07, 6.45) is 1.62. The number of carbonyl (C=O) groups is 1. The molecule has 0 unspecified atom stereocenters. The number of rotatable bonds is 2. The van der Waals surface area contributed by atoms with Gasteiger partial charge in [0.2, 0.25) is 0 Å². The fourth-order valence-corrected chi connectivity index (χ4v) is 1.74. The quantitative estimate of drug-likeness (QED) is 0.886. The molecular formula is C13H12BrN3O. The maximum absolute atomic E-state index is 11.7. The molecule has 1 heterocycles. The zero-order valence-corrected chi connectivity index (χ0v) is 11.4. The van der Waals surface area contributed by atoms with Crippen molar-refractivity contribution in [3.05, 3.63) is 52.6 Å². The average molecular weight is 306 g/mol. The van der Waals surface area contributed by atoms with Crippen molar-refractivity contribution in [2.24, 2.45) is 0 Å². The van der Waals surface area contributed by atoms with Gasteiger partial charge in [-0.1, -0.05) is 17.7 Å². The van der Waals surface area contributed by atoms with E-state index in [-0.39, 0.29) is 6.03 Å². The maximum atomic E-state index is 11.7. The van der Waals surface area contributed by atoms with E-state index in [1.165, 1.54) is 0 Å². The van der Waals surface area contributed by atoms with Crippen molar-refractivity contribution in [1.82, 2.24) is 4.98 Å². The highest BCUT2D eigenvalue weighted by atomic mass is 79.9. The zero-order valence-electron chi connectivity index (χ0n) is 9.77. The number of hydrogen-bond acceptors (Lipinski definition) is 2. The minimum Gasteiger partial charge on any atom is -0.308 e. The van der Waals surface area contributed by atoms with Gasteiger partial charge < -0.3 is 5.32 Å². The molecule has 0 fully saturated rings. The van der Waals surface area contributed by atoms with Crippen molar-refractivity contribution in [2.45, 2.75) is 6.92 Å². The molecule has 18 heavy (non-hydrogen) atoms. The number of nitrogens with one attached hydrogen (secondary N) is 2. The fraction of sp³-hybridized carbons (Fsp3) is 0.0769. The lowest BCUT2D eigenvalue weighted by molar-refractivity contribution is 0.262. The zero-order chi connectivity index (χ0) is 13.0. The molecule has 2 N–H and O–H groups in total. The molecule has 4 nitrogen and oxygen atoms in total. The molecule has 0 aliphatic rings. The van der Waals surface area contributed by atoms with Crippen molar-refractivity contribution in [3.63, 3.8) is 0 Å². The number of pyridine rings is 1. The smallest absolute Gasteiger partial charge is 0.308 e. The van der Waals surface area contributed by atoms with E-state index in [9.17, 15) is 4.79 Å².